The standard InChI is InChI=1S/C18H22N2O/c1-14(11-15-7-3-2-4-8-15)20-18(21)12-16-9-5-6-10-17(16)13-19/h2-10,14H,11-13,19H2,1H3,(H,20,21). The molecule has 1 unspecified atom stereocenters. The summed E-state index contributed by atoms with van der Waals surface area (Å²) >= 11 is 0. The molecule has 0 fully saturated rings. The lowest BCUT2D eigenvalue weighted by atomic mass is 10.0. The van der Waals surface area contributed by atoms with Crippen molar-refractivity contribution in [3.63, 3.8) is 0 Å². The third-order valence-corrected chi connectivity index (χ3v) is 3.48. The Bertz CT molecular complexity index is 581. The van der Waals surface area contributed by atoms with Crippen molar-refractivity contribution in [2.45, 2.75) is 32.4 Å². The van der Waals surface area contributed by atoms with Gasteiger partial charge in [-0.15, -0.1) is 0 Å². The molecule has 3 N–H and O–H groups in total. The Morgan fingerprint density at radius 2 is 1.67 bits per heavy atom. The van der Waals surface area contributed by atoms with Crippen LogP contribution in [0.25, 0.3) is 0 Å². The molecule has 0 saturated carbocycles. The molecule has 0 aliphatic rings. The van der Waals surface area contributed by atoms with Gasteiger partial charge in [-0.1, -0.05) is 54.6 Å². The van der Waals surface area contributed by atoms with Gasteiger partial charge in [-0.3, -0.25) is 4.79 Å². The van der Waals surface area contributed by atoms with Crippen LogP contribution in [-0.4, -0.2) is 11.9 Å². The fraction of sp³-hybridized carbons (Fsp3) is 0.278. The van der Waals surface area contributed by atoms with Crippen LogP contribution >= 0.6 is 0 Å². The van der Waals surface area contributed by atoms with Crippen molar-refractivity contribution in [3.05, 3.63) is 71.3 Å². The van der Waals surface area contributed by atoms with E-state index in [2.05, 4.69) is 17.4 Å². The lowest BCUT2D eigenvalue weighted by Gasteiger charge is -2.15. The second-order valence-electron chi connectivity index (χ2n) is 5.31. The normalized spacial score (nSPS) is 11.9. The van der Waals surface area contributed by atoms with Gasteiger partial charge in [0.05, 0.1) is 6.42 Å². The predicted molar refractivity (Wildman–Crippen MR) is 85.8 cm³/mol. The molecular weight excluding hydrogens is 260 g/mol. The van der Waals surface area contributed by atoms with Crippen molar-refractivity contribution < 1.29 is 4.79 Å². The molecule has 0 aromatic heterocycles. The first-order valence-corrected chi connectivity index (χ1v) is 7.29. The van der Waals surface area contributed by atoms with Crippen molar-refractivity contribution >= 4 is 5.91 Å². The molecule has 0 bridgehead atoms. The summed E-state index contributed by atoms with van der Waals surface area (Å²) in [4.78, 5) is 12.1. The number of carbonyl (C=O) groups excluding carboxylic acids is 1. The number of amides is 1. The fourth-order valence-corrected chi connectivity index (χ4v) is 2.45. The third-order valence-electron chi connectivity index (χ3n) is 3.48. The SMILES string of the molecule is CC(Cc1ccccc1)NC(=O)Cc1ccccc1CN. The molecule has 1 amide bonds. The van der Waals surface area contributed by atoms with Gasteiger partial charge in [0.25, 0.3) is 0 Å². The van der Waals surface area contributed by atoms with Gasteiger partial charge in [0.1, 0.15) is 0 Å². The topological polar surface area (TPSA) is 55.1 Å². The van der Waals surface area contributed by atoms with Gasteiger partial charge in [0.15, 0.2) is 0 Å². The molecule has 1 atom stereocenters. The lowest BCUT2D eigenvalue weighted by molar-refractivity contribution is -0.121. The summed E-state index contributed by atoms with van der Waals surface area (Å²) < 4.78 is 0. The number of nitrogens with one attached hydrogen (secondary N) is 1. The van der Waals surface area contributed by atoms with Crippen LogP contribution in [0.1, 0.15) is 23.6 Å². The van der Waals surface area contributed by atoms with Crippen LogP contribution in [0.15, 0.2) is 54.6 Å². The van der Waals surface area contributed by atoms with Crippen LogP contribution in [0, 0.1) is 0 Å². The number of rotatable bonds is 6. The summed E-state index contributed by atoms with van der Waals surface area (Å²) in [5.41, 5.74) is 8.96. The minimum atomic E-state index is 0.0410. The molecule has 0 radical (unpaired) electrons. The van der Waals surface area contributed by atoms with Crippen molar-refractivity contribution in [1.29, 1.82) is 0 Å². The van der Waals surface area contributed by atoms with Crippen molar-refractivity contribution in [1.82, 2.24) is 5.32 Å². The van der Waals surface area contributed by atoms with E-state index in [1.807, 2.05) is 49.4 Å². The Morgan fingerprint density at radius 3 is 2.33 bits per heavy atom. The second kappa shape index (κ2) is 7.60. The molecule has 3 nitrogen and oxygen atoms in total. The molecule has 2 aromatic carbocycles. The molecule has 0 spiro atoms. The molecule has 3 heteroatoms. The number of hydrogen-bond acceptors (Lipinski definition) is 2. The summed E-state index contributed by atoms with van der Waals surface area (Å²) in [6.07, 6.45) is 1.22. The van der Waals surface area contributed by atoms with Crippen molar-refractivity contribution in [2.24, 2.45) is 5.73 Å². The Balaban J connectivity index is 1.89. The maximum atomic E-state index is 12.1. The lowest BCUT2D eigenvalue weighted by Crippen LogP contribution is -2.35. The molecule has 0 heterocycles. The maximum absolute atomic E-state index is 12.1. The van der Waals surface area contributed by atoms with E-state index in [0.717, 1.165) is 17.5 Å². The summed E-state index contributed by atoms with van der Waals surface area (Å²) in [6, 6.07) is 18.1. The van der Waals surface area contributed by atoms with Crippen LogP contribution in [-0.2, 0) is 24.2 Å². The molecule has 2 aromatic rings. The van der Waals surface area contributed by atoms with Gasteiger partial charge in [-0.25, -0.2) is 0 Å². The quantitative estimate of drug-likeness (QED) is 0.855. The first-order valence-electron chi connectivity index (χ1n) is 7.29. The molecule has 110 valence electrons. The highest BCUT2D eigenvalue weighted by atomic mass is 16.1. The average Bonchev–Trinajstić information content (AvgIpc) is 2.48. The molecule has 0 aliphatic heterocycles. The number of benzene rings is 2. The van der Waals surface area contributed by atoms with Crippen molar-refractivity contribution in [2.75, 3.05) is 0 Å². The van der Waals surface area contributed by atoms with E-state index in [1.54, 1.807) is 0 Å². The molecule has 2 rings (SSSR count). The molecule has 0 aliphatic carbocycles. The number of hydrogen-bond donors (Lipinski definition) is 2. The summed E-state index contributed by atoms with van der Waals surface area (Å²) in [7, 11) is 0. The monoisotopic (exact) mass is 282 g/mol. The van der Waals surface area contributed by atoms with E-state index in [4.69, 9.17) is 5.73 Å². The summed E-state index contributed by atoms with van der Waals surface area (Å²) in [5, 5.41) is 3.05. The van der Waals surface area contributed by atoms with Crippen LogP contribution in [0.2, 0.25) is 0 Å². The van der Waals surface area contributed by atoms with Crippen LogP contribution < -0.4 is 11.1 Å². The highest BCUT2D eigenvalue weighted by Gasteiger charge is 2.10. The van der Waals surface area contributed by atoms with Gasteiger partial charge in [0, 0.05) is 12.6 Å². The minimum absolute atomic E-state index is 0.0410. The molecular formula is C18H22N2O. The summed E-state index contributed by atoms with van der Waals surface area (Å²) in [5.74, 6) is 0.0410. The van der Waals surface area contributed by atoms with Crippen LogP contribution in [0.3, 0.4) is 0 Å². The predicted octanol–water partition coefficient (Wildman–Crippen LogP) is 2.44. The van der Waals surface area contributed by atoms with Crippen LogP contribution in [0.5, 0.6) is 0 Å². The number of nitrogens with two attached hydrogens (primary N) is 1. The van der Waals surface area contributed by atoms with E-state index in [0.29, 0.717) is 13.0 Å². The Labute approximate surface area is 126 Å². The Kier molecular flexibility index (Phi) is 5.52. The van der Waals surface area contributed by atoms with E-state index < -0.39 is 0 Å². The zero-order valence-electron chi connectivity index (χ0n) is 12.4. The minimum Gasteiger partial charge on any atom is -0.353 e. The maximum Gasteiger partial charge on any atom is 0.224 e. The van der Waals surface area contributed by atoms with E-state index >= 15 is 0 Å². The zero-order chi connectivity index (χ0) is 15.1. The summed E-state index contributed by atoms with van der Waals surface area (Å²) in [6.45, 7) is 2.49. The Morgan fingerprint density at radius 1 is 1.05 bits per heavy atom. The fourth-order valence-electron chi connectivity index (χ4n) is 2.45. The van der Waals surface area contributed by atoms with Gasteiger partial charge in [-0.05, 0) is 30.0 Å². The number of carbonyl (C=O) groups is 1. The Hall–Kier alpha value is -2.13. The van der Waals surface area contributed by atoms with E-state index in [9.17, 15) is 4.79 Å². The van der Waals surface area contributed by atoms with Gasteiger partial charge in [-0.2, -0.15) is 0 Å². The van der Waals surface area contributed by atoms with Crippen molar-refractivity contribution in [3.8, 4) is 0 Å². The van der Waals surface area contributed by atoms with Gasteiger partial charge in [0.2, 0.25) is 5.91 Å². The van der Waals surface area contributed by atoms with E-state index in [1.165, 1.54) is 5.56 Å². The largest absolute Gasteiger partial charge is 0.353 e. The highest BCUT2D eigenvalue weighted by molar-refractivity contribution is 5.79. The highest BCUT2D eigenvalue weighted by Crippen LogP contribution is 2.09. The smallest absolute Gasteiger partial charge is 0.224 e. The third kappa shape index (κ3) is 4.72. The van der Waals surface area contributed by atoms with Crippen LogP contribution in [0.4, 0.5) is 0 Å². The first kappa shape index (κ1) is 15.3. The average molecular weight is 282 g/mol. The zero-order valence-corrected chi connectivity index (χ0v) is 12.4. The van der Waals surface area contributed by atoms with E-state index in [-0.39, 0.29) is 11.9 Å². The van der Waals surface area contributed by atoms with Gasteiger partial charge >= 0.3 is 0 Å². The van der Waals surface area contributed by atoms with Gasteiger partial charge < -0.3 is 11.1 Å². The first-order chi connectivity index (χ1) is 10.2. The second-order valence-corrected chi connectivity index (χ2v) is 5.31. The molecule has 21 heavy (non-hydrogen) atoms. The molecule has 0 saturated heterocycles.